The lowest BCUT2D eigenvalue weighted by atomic mass is 10.3. The van der Waals surface area contributed by atoms with Crippen LogP contribution in [0.4, 0.5) is 0 Å². The van der Waals surface area contributed by atoms with Gasteiger partial charge in [-0.2, -0.15) is 12.6 Å². The maximum atomic E-state index is 5.72. The average molecular weight is 174 g/mol. The summed E-state index contributed by atoms with van der Waals surface area (Å²) in [5, 5.41) is 0.742. The van der Waals surface area contributed by atoms with E-state index < -0.39 is 0 Å². The first kappa shape index (κ1) is 7.89. The van der Waals surface area contributed by atoms with Crippen LogP contribution in [0.2, 0.25) is 5.02 Å². The third-order valence-corrected chi connectivity index (χ3v) is 1.61. The van der Waals surface area contributed by atoms with Crippen molar-refractivity contribution in [2.75, 3.05) is 5.75 Å². The molecule has 0 spiro atoms. The fourth-order valence-electron chi connectivity index (χ4n) is 0.700. The third kappa shape index (κ3) is 2.20. The summed E-state index contributed by atoms with van der Waals surface area (Å²) in [5.41, 5.74) is 1.00. The second-order valence-corrected chi connectivity index (χ2v) is 2.82. The lowest BCUT2D eigenvalue weighted by molar-refractivity contribution is 1.05. The number of hydrogen-bond donors (Lipinski definition) is 1. The SMILES string of the molecule is SCCc1cc(Cl)ccn1. The molecular formula is C7H8ClNS. The summed E-state index contributed by atoms with van der Waals surface area (Å²) >= 11 is 9.80. The van der Waals surface area contributed by atoms with Crippen molar-refractivity contribution in [3.05, 3.63) is 29.0 Å². The number of thiol groups is 1. The molecule has 0 fully saturated rings. The number of hydrogen-bond acceptors (Lipinski definition) is 2. The molecular weight excluding hydrogens is 166 g/mol. The molecule has 1 heterocycles. The monoisotopic (exact) mass is 173 g/mol. The van der Waals surface area contributed by atoms with Gasteiger partial charge in [0.15, 0.2) is 0 Å². The Morgan fingerprint density at radius 2 is 2.40 bits per heavy atom. The van der Waals surface area contributed by atoms with Crippen LogP contribution in [-0.2, 0) is 6.42 Å². The van der Waals surface area contributed by atoms with Crippen LogP contribution in [0.1, 0.15) is 5.69 Å². The maximum Gasteiger partial charge on any atom is 0.0439 e. The van der Waals surface area contributed by atoms with Crippen molar-refractivity contribution in [1.29, 1.82) is 0 Å². The standard InChI is InChI=1S/C7H8ClNS/c8-6-1-3-9-7(5-6)2-4-10/h1,3,5,10H,2,4H2. The van der Waals surface area contributed by atoms with Crippen LogP contribution in [0.25, 0.3) is 0 Å². The molecule has 0 amide bonds. The number of rotatable bonds is 2. The molecule has 1 aromatic rings. The Morgan fingerprint density at radius 3 is 3.00 bits per heavy atom. The van der Waals surface area contributed by atoms with Gasteiger partial charge in [-0.15, -0.1) is 0 Å². The van der Waals surface area contributed by atoms with E-state index in [9.17, 15) is 0 Å². The minimum Gasteiger partial charge on any atom is -0.261 e. The first-order valence-corrected chi connectivity index (χ1v) is 4.05. The normalized spacial score (nSPS) is 9.80. The van der Waals surface area contributed by atoms with E-state index in [1.54, 1.807) is 12.3 Å². The summed E-state index contributed by atoms with van der Waals surface area (Å²) in [6.07, 6.45) is 2.59. The summed E-state index contributed by atoms with van der Waals surface area (Å²) in [5.74, 6) is 0.813. The van der Waals surface area contributed by atoms with E-state index in [0.717, 1.165) is 22.9 Å². The lowest BCUT2D eigenvalue weighted by Gasteiger charge is -1.95. The minimum atomic E-state index is 0.742. The van der Waals surface area contributed by atoms with E-state index >= 15 is 0 Å². The topological polar surface area (TPSA) is 12.9 Å². The summed E-state index contributed by atoms with van der Waals surface area (Å²) in [4.78, 5) is 4.10. The maximum absolute atomic E-state index is 5.72. The van der Waals surface area contributed by atoms with E-state index in [1.807, 2.05) is 6.07 Å². The Labute approximate surface area is 70.8 Å². The molecule has 1 aromatic heterocycles. The van der Waals surface area contributed by atoms with Gasteiger partial charge in [0, 0.05) is 16.9 Å². The molecule has 0 aliphatic heterocycles. The van der Waals surface area contributed by atoms with Gasteiger partial charge >= 0.3 is 0 Å². The quantitative estimate of drug-likeness (QED) is 0.677. The van der Waals surface area contributed by atoms with E-state index in [1.165, 1.54) is 0 Å². The van der Waals surface area contributed by atoms with E-state index in [4.69, 9.17) is 11.6 Å². The molecule has 0 saturated carbocycles. The summed E-state index contributed by atoms with van der Waals surface area (Å²) in [7, 11) is 0. The van der Waals surface area contributed by atoms with Gasteiger partial charge in [0.05, 0.1) is 0 Å². The zero-order valence-electron chi connectivity index (χ0n) is 5.42. The Morgan fingerprint density at radius 1 is 1.60 bits per heavy atom. The zero-order valence-corrected chi connectivity index (χ0v) is 7.07. The van der Waals surface area contributed by atoms with Crippen molar-refractivity contribution in [1.82, 2.24) is 4.98 Å². The van der Waals surface area contributed by atoms with Crippen LogP contribution in [-0.4, -0.2) is 10.7 Å². The van der Waals surface area contributed by atoms with Crippen molar-refractivity contribution in [2.45, 2.75) is 6.42 Å². The van der Waals surface area contributed by atoms with Crippen molar-refractivity contribution < 1.29 is 0 Å². The molecule has 0 aliphatic rings. The molecule has 0 unspecified atom stereocenters. The Balaban J connectivity index is 2.75. The Hall–Kier alpha value is -0.210. The van der Waals surface area contributed by atoms with Gasteiger partial charge in [-0.05, 0) is 24.3 Å². The highest BCUT2D eigenvalue weighted by Gasteiger charge is 1.92. The van der Waals surface area contributed by atoms with Gasteiger partial charge in [-0.3, -0.25) is 4.98 Å². The molecule has 0 bridgehead atoms. The van der Waals surface area contributed by atoms with Gasteiger partial charge in [-0.25, -0.2) is 0 Å². The molecule has 0 aliphatic carbocycles. The van der Waals surface area contributed by atoms with Crippen molar-refractivity contribution in [3.63, 3.8) is 0 Å². The number of nitrogens with zero attached hydrogens (tertiary/aromatic N) is 1. The summed E-state index contributed by atoms with van der Waals surface area (Å²) in [6, 6.07) is 3.63. The smallest absolute Gasteiger partial charge is 0.0439 e. The van der Waals surface area contributed by atoms with Crippen LogP contribution >= 0.6 is 24.2 Å². The Bertz CT molecular complexity index is 215. The molecule has 1 rings (SSSR count). The lowest BCUT2D eigenvalue weighted by Crippen LogP contribution is -1.89. The minimum absolute atomic E-state index is 0.742. The van der Waals surface area contributed by atoms with Gasteiger partial charge in [0.1, 0.15) is 0 Å². The fraction of sp³-hybridized carbons (Fsp3) is 0.286. The van der Waals surface area contributed by atoms with Crippen molar-refractivity contribution >= 4 is 24.2 Å². The van der Waals surface area contributed by atoms with Crippen LogP contribution in [0, 0.1) is 0 Å². The molecule has 0 atom stereocenters. The molecule has 54 valence electrons. The zero-order chi connectivity index (χ0) is 7.40. The Kier molecular flexibility index (Phi) is 3.03. The molecule has 0 N–H and O–H groups in total. The van der Waals surface area contributed by atoms with Crippen molar-refractivity contribution in [2.24, 2.45) is 0 Å². The van der Waals surface area contributed by atoms with E-state index in [-0.39, 0.29) is 0 Å². The van der Waals surface area contributed by atoms with Crippen LogP contribution in [0.5, 0.6) is 0 Å². The number of aryl methyl sites for hydroxylation is 1. The third-order valence-electron chi connectivity index (χ3n) is 1.15. The molecule has 10 heavy (non-hydrogen) atoms. The number of pyridine rings is 1. The van der Waals surface area contributed by atoms with Crippen LogP contribution in [0.3, 0.4) is 0 Å². The molecule has 0 aromatic carbocycles. The number of halogens is 1. The van der Waals surface area contributed by atoms with E-state index in [2.05, 4.69) is 17.6 Å². The van der Waals surface area contributed by atoms with Gasteiger partial charge in [0.2, 0.25) is 0 Å². The first-order valence-electron chi connectivity index (χ1n) is 3.04. The summed E-state index contributed by atoms with van der Waals surface area (Å²) in [6.45, 7) is 0. The molecule has 0 radical (unpaired) electrons. The molecule has 3 heteroatoms. The average Bonchev–Trinajstić information content (AvgIpc) is 1.88. The highest BCUT2D eigenvalue weighted by Crippen LogP contribution is 2.08. The summed E-state index contributed by atoms with van der Waals surface area (Å²) < 4.78 is 0. The highest BCUT2D eigenvalue weighted by molar-refractivity contribution is 7.80. The van der Waals surface area contributed by atoms with Gasteiger partial charge < -0.3 is 0 Å². The van der Waals surface area contributed by atoms with E-state index in [0.29, 0.717) is 0 Å². The number of aromatic nitrogens is 1. The van der Waals surface area contributed by atoms with Crippen molar-refractivity contribution in [3.8, 4) is 0 Å². The highest BCUT2D eigenvalue weighted by atomic mass is 35.5. The first-order chi connectivity index (χ1) is 4.83. The van der Waals surface area contributed by atoms with Crippen LogP contribution in [0.15, 0.2) is 18.3 Å². The fourth-order valence-corrected chi connectivity index (χ4v) is 1.11. The van der Waals surface area contributed by atoms with Gasteiger partial charge in [-0.1, -0.05) is 11.6 Å². The largest absolute Gasteiger partial charge is 0.261 e. The second kappa shape index (κ2) is 3.84. The van der Waals surface area contributed by atoms with Crippen LogP contribution < -0.4 is 0 Å². The predicted octanol–water partition coefficient (Wildman–Crippen LogP) is 2.21. The van der Waals surface area contributed by atoms with Gasteiger partial charge in [0.25, 0.3) is 0 Å². The second-order valence-electron chi connectivity index (χ2n) is 1.94. The molecule has 1 nitrogen and oxygen atoms in total. The predicted molar refractivity (Wildman–Crippen MR) is 46.8 cm³/mol. The molecule has 0 saturated heterocycles.